The number of imidazole rings is 1. The van der Waals surface area contributed by atoms with Gasteiger partial charge in [0.1, 0.15) is 18.1 Å². The van der Waals surface area contributed by atoms with E-state index in [1.54, 1.807) is 13.4 Å². The van der Waals surface area contributed by atoms with Crippen LogP contribution in [0.5, 0.6) is 5.75 Å². The van der Waals surface area contributed by atoms with E-state index >= 15 is 0 Å². The molecule has 3 heterocycles. The van der Waals surface area contributed by atoms with Gasteiger partial charge in [-0.2, -0.15) is 13.2 Å². The molecule has 0 radical (unpaired) electrons. The van der Waals surface area contributed by atoms with Crippen LogP contribution in [0.4, 0.5) is 13.2 Å². The minimum absolute atomic E-state index is 0.234. The van der Waals surface area contributed by atoms with E-state index in [4.69, 9.17) is 9.47 Å². The summed E-state index contributed by atoms with van der Waals surface area (Å²) in [5.74, 6) is 0.885. The van der Waals surface area contributed by atoms with E-state index in [1.807, 2.05) is 34.7 Å². The summed E-state index contributed by atoms with van der Waals surface area (Å²) in [6, 6.07) is 3.41. The van der Waals surface area contributed by atoms with Gasteiger partial charge in [-0.3, -0.25) is 0 Å². The molecule has 5 nitrogen and oxygen atoms in total. The largest absolute Gasteiger partial charge is 0.491 e. The van der Waals surface area contributed by atoms with Crippen LogP contribution in [0.25, 0.3) is 5.70 Å². The molecule has 27 heavy (non-hydrogen) atoms. The van der Waals surface area contributed by atoms with Gasteiger partial charge in [0, 0.05) is 18.3 Å². The lowest BCUT2D eigenvalue weighted by Gasteiger charge is -2.33. The van der Waals surface area contributed by atoms with E-state index in [2.05, 4.69) is 4.98 Å². The molecule has 0 fully saturated rings. The molecular formula is C19H18F3N3O2. The molecule has 1 aromatic carbocycles. The zero-order chi connectivity index (χ0) is 19.2. The molecule has 0 saturated heterocycles. The van der Waals surface area contributed by atoms with Crippen LogP contribution in [0.15, 0.2) is 48.8 Å². The predicted molar refractivity (Wildman–Crippen MR) is 92.7 cm³/mol. The maximum absolute atomic E-state index is 13.0. The highest BCUT2D eigenvalue weighted by molar-refractivity contribution is 5.61. The minimum Gasteiger partial charge on any atom is -0.491 e. The Balaban J connectivity index is 1.71. The summed E-state index contributed by atoms with van der Waals surface area (Å²) in [5.41, 5.74) is 1.69. The van der Waals surface area contributed by atoms with E-state index in [0.29, 0.717) is 18.0 Å². The number of benzene rings is 1. The van der Waals surface area contributed by atoms with Crippen LogP contribution >= 0.6 is 0 Å². The Bertz CT molecular complexity index is 931. The number of rotatable bonds is 3. The highest BCUT2D eigenvalue weighted by atomic mass is 19.4. The topological polar surface area (TPSA) is 39.5 Å². The van der Waals surface area contributed by atoms with Crippen molar-refractivity contribution in [2.45, 2.75) is 19.1 Å². The van der Waals surface area contributed by atoms with Gasteiger partial charge in [0.25, 0.3) is 0 Å². The van der Waals surface area contributed by atoms with E-state index in [1.165, 1.54) is 6.07 Å². The summed E-state index contributed by atoms with van der Waals surface area (Å²) in [6.07, 6.45) is 3.12. The first-order valence-corrected chi connectivity index (χ1v) is 8.45. The second kappa shape index (κ2) is 6.37. The number of aromatic nitrogens is 2. The van der Waals surface area contributed by atoms with Crippen LogP contribution in [-0.2, 0) is 10.9 Å². The third kappa shape index (κ3) is 3.05. The Morgan fingerprint density at radius 3 is 2.78 bits per heavy atom. The molecule has 2 aliphatic heterocycles. The maximum atomic E-state index is 13.0. The van der Waals surface area contributed by atoms with Crippen molar-refractivity contribution in [3.63, 3.8) is 0 Å². The minimum atomic E-state index is -4.39. The van der Waals surface area contributed by atoms with Crippen molar-refractivity contribution >= 4 is 5.70 Å². The molecule has 142 valence electrons. The van der Waals surface area contributed by atoms with Crippen LogP contribution in [0.3, 0.4) is 0 Å². The number of allylic oxidation sites excluding steroid dienone is 2. The summed E-state index contributed by atoms with van der Waals surface area (Å²) >= 11 is 0. The molecule has 4 rings (SSSR count). The second-order valence-electron chi connectivity index (χ2n) is 6.45. The molecule has 0 N–H and O–H groups in total. The first kappa shape index (κ1) is 17.5. The molecule has 0 aliphatic carbocycles. The summed E-state index contributed by atoms with van der Waals surface area (Å²) in [6.45, 7) is 2.72. The van der Waals surface area contributed by atoms with Gasteiger partial charge >= 0.3 is 6.18 Å². The zero-order valence-corrected chi connectivity index (χ0v) is 14.8. The van der Waals surface area contributed by atoms with Crippen molar-refractivity contribution < 1.29 is 22.6 Å². The third-order valence-electron chi connectivity index (χ3n) is 4.71. The first-order valence-electron chi connectivity index (χ1n) is 8.45. The predicted octanol–water partition coefficient (Wildman–Crippen LogP) is 3.99. The number of hydrogen-bond acceptors (Lipinski definition) is 4. The highest BCUT2D eigenvalue weighted by Gasteiger charge is 2.37. The van der Waals surface area contributed by atoms with Crippen LogP contribution in [0, 0.1) is 6.92 Å². The fraction of sp³-hybridized carbons (Fsp3) is 0.316. The van der Waals surface area contributed by atoms with E-state index in [0.717, 1.165) is 23.5 Å². The van der Waals surface area contributed by atoms with Crippen LogP contribution in [0.1, 0.15) is 22.9 Å². The van der Waals surface area contributed by atoms with Crippen LogP contribution in [0.2, 0.25) is 0 Å². The van der Waals surface area contributed by atoms with E-state index in [-0.39, 0.29) is 18.4 Å². The van der Waals surface area contributed by atoms with Gasteiger partial charge in [-0.1, -0.05) is 12.1 Å². The SMILES string of the molecule is COC1=C(n2cnc(C)c2)C=CCN1[C@H]1COc2cc(C(F)(F)F)ccc21. The average Bonchev–Trinajstić information content (AvgIpc) is 3.25. The second-order valence-corrected chi connectivity index (χ2v) is 6.45. The molecule has 2 aromatic rings. The Kier molecular flexibility index (Phi) is 4.13. The number of hydrogen-bond donors (Lipinski definition) is 0. The van der Waals surface area contributed by atoms with Gasteiger partial charge < -0.3 is 18.9 Å². The summed E-state index contributed by atoms with van der Waals surface area (Å²) < 4.78 is 52.0. The van der Waals surface area contributed by atoms with Gasteiger partial charge in [-0.25, -0.2) is 4.98 Å². The lowest BCUT2D eigenvalue weighted by molar-refractivity contribution is -0.137. The standard InChI is InChI=1S/C19H18F3N3O2/c1-12-9-24(11-23-12)15-4-3-7-25(18(15)26-2)16-10-27-17-8-13(19(20,21)22)5-6-14(16)17/h3-6,8-9,11,16H,7,10H2,1-2H3/t16-/m0/s1. The fourth-order valence-electron chi connectivity index (χ4n) is 3.45. The summed E-state index contributed by atoms with van der Waals surface area (Å²) in [4.78, 5) is 6.23. The Morgan fingerprint density at radius 2 is 2.11 bits per heavy atom. The summed E-state index contributed by atoms with van der Waals surface area (Å²) in [7, 11) is 1.58. The van der Waals surface area contributed by atoms with Gasteiger partial charge in [0.2, 0.25) is 5.88 Å². The molecule has 0 unspecified atom stereocenters. The number of nitrogens with zero attached hydrogens (tertiary/aromatic N) is 3. The molecule has 0 spiro atoms. The fourth-order valence-corrected chi connectivity index (χ4v) is 3.45. The quantitative estimate of drug-likeness (QED) is 0.811. The molecule has 1 aromatic heterocycles. The molecule has 2 aliphatic rings. The Labute approximate surface area is 154 Å². The Hall–Kier alpha value is -2.90. The van der Waals surface area contributed by atoms with Crippen LogP contribution < -0.4 is 4.74 Å². The maximum Gasteiger partial charge on any atom is 0.416 e. The zero-order valence-electron chi connectivity index (χ0n) is 14.8. The van der Waals surface area contributed by atoms with E-state index < -0.39 is 11.7 Å². The monoisotopic (exact) mass is 377 g/mol. The molecule has 8 heteroatoms. The number of fused-ring (bicyclic) bond motifs is 1. The first-order chi connectivity index (χ1) is 12.9. The van der Waals surface area contributed by atoms with Gasteiger partial charge in [0.15, 0.2) is 0 Å². The molecule has 0 saturated carbocycles. The molecule has 0 bridgehead atoms. The van der Waals surface area contributed by atoms with Crippen molar-refractivity contribution in [2.75, 3.05) is 20.3 Å². The molecule has 0 amide bonds. The van der Waals surface area contributed by atoms with Crippen molar-refractivity contribution in [2.24, 2.45) is 0 Å². The lowest BCUT2D eigenvalue weighted by atomic mass is 10.0. The van der Waals surface area contributed by atoms with Gasteiger partial charge in [-0.05, 0) is 25.1 Å². The lowest BCUT2D eigenvalue weighted by Crippen LogP contribution is -2.33. The highest BCUT2D eigenvalue weighted by Crippen LogP contribution is 2.42. The molecule has 1 atom stereocenters. The Morgan fingerprint density at radius 1 is 1.30 bits per heavy atom. The van der Waals surface area contributed by atoms with Gasteiger partial charge in [0.05, 0.1) is 30.7 Å². The number of ether oxygens (including phenoxy) is 2. The summed E-state index contributed by atoms with van der Waals surface area (Å²) in [5, 5.41) is 0. The average molecular weight is 377 g/mol. The third-order valence-corrected chi connectivity index (χ3v) is 4.71. The van der Waals surface area contributed by atoms with Crippen molar-refractivity contribution in [1.29, 1.82) is 0 Å². The van der Waals surface area contributed by atoms with Crippen molar-refractivity contribution in [1.82, 2.24) is 14.5 Å². The van der Waals surface area contributed by atoms with E-state index in [9.17, 15) is 13.2 Å². The van der Waals surface area contributed by atoms with Crippen LogP contribution in [-0.4, -0.2) is 34.7 Å². The number of aryl methyl sites for hydroxylation is 1. The number of halogens is 3. The number of methoxy groups -OCH3 is 1. The van der Waals surface area contributed by atoms with Crippen molar-refractivity contribution in [3.8, 4) is 5.75 Å². The normalized spacial score (nSPS) is 19.3. The molecular weight excluding hydrogens is 359 g/mol. The smallest absolute Gasteiger partial charge is 0.416 e. The van der Waals surface area contributed by atoms with Gasteiger partial charge in [-0.15, -0.1) is 0 Å². The number of alkyl halides is 3. The van der Waals surface area contributed by atoms with Crippen molar-refractivity contribution in [3.05, 3.63) is 65.6 Å².